The van der Waals surface area contributed by atoms with Gasteiger partial charge in [0.1, 0.15) is 17.4 Å². The third kappa shape index (κ3) is 9.33. The number of carbonyl (C=O) groups is 2. The lowest BCUT2D eigenvalue weighted by Crippen LogP contribution is -2.45. The lowest BCUT2D eigenvalue weighted by molar-refractivity contribution is -0.143. The number of hydrogen-bond donors (Lipinski definition) is 1. The van der Waals surface area contributed by atoms with Crippen LogP contribution >= 0.6 is 0 Å². The minimum atomic E-state index is -0.832. The first kappa shape index (κ1) is 27.3. The van der Waals surface area contributed by atoms with Crippen molar-refractivity contribution < 1.29 is 28.5 Å². The number of hydrogen-bond acceptors (Lipinski definition) is 7. The fourth-order valence-corrected chi connectivity index (χ4v) is 4.60. The quantitative estimate of drug-likeness (QED) is 0.549. The van der Waals surface area contributed by atoms with E-state index in [2.05, 4.69) is 17.3 Å². The molecule has 1 aromatic carbocycles. The smallest absolute Gasteiger partial charge is 0.408 e. The van der Waals surface area contributed by atoms with E-state index in [1.54, 1.807) is 20.8 Å². The molecule has 0 unspecified atom stereocenters. The topological polar surface area (TPSA) is 86.3 Å². The highest BCUT2D eigenvalue weighted by Gasteiger charge is 2.28. The van der Waals surface area contributed by atoms with E-state index in [-0.39, 0.29) is 6.10 Å². The van der Waals surface area contributed by atoms with Gasteiger partial charge in [-0.1, -0.05) is 12.1 Å². The number of methoxy groups -OCH3 is 1. The van der Waals surface area contributed by atoms with Crippen LogP contribution in [0.25, 0.3) is 0 Å². The third-order valence-corrected chi connectivity index (χ3v) is 6.51. The fourth-order valence-electron chi connectivity index (χ4n) is 4.60. The maximum atomic E-state index is 12.2. The Hall–Kier alpha value is -2.32. The van der Waals surface area contributed by atoms with Crippen LogP contribution in [0.1, 0.15) is 64.9 Å². The van der Waals surface area contributed by atoms with Crippen LogP contribution in [0, 0.1) is 0 Å². The van der Waals surface area contributed by atoms with Gasteiger partial charge in [0.15, 0.2) is 0 Å². The summed E-state index contributed by atoms with van der Waals surface area (Å²) < 4.78 is 22.7. The number of piperidine rings is 1. The summed E-state index contributed by atoms with van der Waals surface area (Å²) in [6.07, 6.45) is 6.89. The molecule has 1 saturated carbocycles. The highest BCUT2D eigenvalue weighted by atomic mass is 16.6. The molecule has 1 heterocycles. The molecule has 0 aromatic heterocycles. The molecular weight excluding hydrogens is 448 g/mol. The average Bonchev–Trinajstić information content (AvgIpc) is 2.81. The Morgan fingerprint density at radius 3 is 2.11 bits per heavy atom. The van der Waals surface area contributed by atoms with E-state index >= 15 is 0 Å². The summed E-state index contributed by atoms with van der Waals surface area (Å²) in [6, 6.07) is 6.83. The molecule has 1 aliphatic heterocycles. The van der Waals surface area contributed by atoms with Crippen molar-refractivity contribution in [3.05, 3.63) is 29.8 Å². The van der Waals surface area contributed by atoms with E-state index in [9.17, 15) is 9.59 Å². The molecule has 1 N–H and O–H groups in total. The van der Waals surface area contributed by atoms with Crippen molar-refractivity contribution in [1.82, 2.24) is 10.2 Å². The van der Waals surface area contributed by atoms with Gasteiger partial charge < -0.3 is 29.2 Å². The summed E-state index contributed by atoms with van der Waals surface area (Å²) in [5.74, 6) is 0.290. The van der Waals surface area contributed by atoms with Crippen LogP contribution < -0.4 is 10.1 Å². The van der Waals surface area contributed by atoms with E-state index in [0.717, 1.165) is 62.9 Å². The summed E-state index contributed by atoms with van der Waals surface area (Å²) in [6.45, 7) is 7.56. The first-order valence-corrected chi connectivity index (χ1v) is 12.8. The van der Waals surface area contributed by atoms with E-state index in [1.165, 1.54) is 7.11 Å². The van der Waals surface area contributed by atoms with Gasteiger partial charge in [-0.2, -0.15) is 0 Å². The van der Waals surface area contributed by atoms with Crippen molar-refractivity contribution in [3.63, 3.8) is 0 Å². The van der Waals surface area contributed by atoms with Crippen LogP contribution in [-0.2, 0) is 25.4 Å². The van der Waals surface area contributed by atoms with Crippen LogP contribution in [-0.4, -0.2) is 74.2 Å². The van der Waals surface area contributed by atoms with E-state index in [4.69, 9.17) is 18.9 Å². The normalized spacial score (nSPS) is 22.8. The van der Waals surface area contributed by atoms with E-state index in [0.29, 0.717) is 18.6 Å². The van der Waals surface area contributed by atoms with Gasteiger partial charge in [0.05, 0.1) is 25.4 Å². The summed E-state index contributed by atoms with van der Waals surface area (Å²) >= 11 is 0. The molecule has 3 rings (SSSR count). The standard InChI is InChI=1S/C27H42N2O6/c1-27(2,3)35-26(31)28-24(25(30)32-5)18-19-6-8-20(9-7-19)33-21-10-12-22(13-11-21)34-23-14-16-29(4)17-15-23/h6-9,21-24H,10-18H2,1-5H3,(H,28,31)/t21?,22?,24-/m0/s1. The molecule has 1 atom stereocenters. The number of alkyl carbamates (subject to hydrolysis) is 1. The van der Waals surface area contributed by atoms with Crippen LogP contribution in [0.3, 0.4) is 0 Å². The van der Waals surface area contributed by atoms with Gasteiger partial charge in [0.25, 0.3) is 0 Å². The summed E-state index contributed by atoms with van der Waals surface area (Å²) in [5, 5.41) is 2.61. The average molecular weight is 491 g/mol. The number of amides is 1. The summed E-state index contributed by atoms with van der Waals surface area (Å²) in [4.78, 5) is 26.7. The van der Waals surface area contributed by atoms with Crippen molar-refractivity contribution in [2.75, 3.05) is 27.2 Å². The van der Waals surface area contributed by atoms with E-state index < -0.39 is 23.7 Å². The van der Waals surface area contributed by atoms with Crippen LogP contribution in [0.5, 0.6) is 5.75 Å². The van der Waals surface area contributed by atoms with Crippen LogP contribution in [0.2, 0.25) is 0 Å². The molecule has 35 heavy (non-hydrogen) atoms. The van der Waals surface area contributed by atoms with Gasteiger partial charge in [-0.3, -0.25) is 0 Å². The monoisotopic (exact) mass is 490 g/mol. The number of likely N-dealkylation sites (tertiary alicyclic amines) is 1. The fraction of sp³-hybridized carbons (Fsp3) is 0.704. The second-order valence-electron chi connectivity index (χ2n) is 10.7. The van der Waals surface area contributed by atoms with Crippen molar-refractivity contribution >= 4 is 12.1 Å². The maximum Gasteiger partial charge on any atom is 0.408 e. The molecule has 1 saturated heterocycles. The minimum Gasteiger partial charge on any atom is -0.490 e. The van der Waals surface area contributed by atoms with Crippen molar-refractivity contribution in [2.24, 2.45) is 0 Å². The molecule has 2 aliphatic rings. The third-order valence-electron chi connectivity index (χ3n) is 6.51. The Labute approximate surface area is 209 Å². The zero-order valence-corrected chi connectivity index (χ0v) is 21.9. The van der Waals surface area contributed by atoms with Gasteiger partial charge in [-0.05, 0) is 84.0 Å². The van der Waals surface area contributed by atoms with Crippen molar-refractivity contribution in [1.29, 1.82) is 0 Å². The molecule has 8 heteroatoms. The number of esters is 1. The summed E-state index contributed by atoms with van der Waals surface area (Å²) in [7, 11) is 3.47. The Morgan fingerprint density at radius 1 is 0.971 bits per heavy atom. The van der Waals surface area contributed by atoms with Gasteiger partial charge in [0, 0.05) is 19.5 Å². The number of rotatable bonds is 8. The second kappa shape index (κ2) is 12.6. The van der Waals surface area contributed by atoms with Crippen molar-refractivity contribution in [2.45, 2.75) is 95.7 Å². The molecule has 2 fully saturated rings. The highest BCUT2D eigenvalue weighted by Crippen LogP contribution is 2.28. The van der Waals surface area contributed by atoms with E-state index in [1.807, 2.05) is 24.3 Å². The molecule has 1 amide bonds. The molecule has 0 bridgehead atoms. The first-order valence-electron chi connectivity index (χ1n) is 12.8. The Balaban J connectivity index is 1.45. The molecule has 1 aromatic rings. The Bertz CT molecular complexity index is 806. The zero-order valence-electron chi connectivity index (χ0n) is 21.9. The summed E-state index contributed by atoms with van der Waals surface area (Å²) in [5.41, 5.74) is 0.237. The van der Waals surface area contributed by atoms with Crippen LogP contribution in [0.4, 0.5) is 4.79 Å². The number of carbonyl (C=O) groups excluding carboxylic acids is 2. The first-order chi connectivity index (χ1) is 16.6. The SMILES string of the molecule is COC(=O)[C@H](Cc1ccc(OC2CCC(OC3CCN(C)CC3)CC2)cc1)NC(=O)OC(C)(C)C. The molecular formula is C27H42N2O6. The molecule has 8 nitrogen and oxygen atoms in total. The zero-order chi connectivity index (χ0) is 25.4. The number of ether oxygens (including phenoxy) is 4. The lowest BCUT2D eigenvalue weighted by atomic mass is 9.94. The largest absolute Gasteiger partial charge is 0.490 e. The number of nitrogens with one attached hydrogen (secondary N) is 1. The molecule has 1 aliphatic carbocycles. The Morgan fingerprint density at radius 2 is 1.54 bits per heavy atom. The highest BCUT2D eigenvalue weighted by molar-refractivity contribution is 5.81. The molecule has 0 spiro atoms. The number of nitrogens with zero attached hydrogens (tertiary/aromatic N) is 1. The predicted octanol–water partition coefficient (Wildman–Crippen LogP) is 4.10. The minimum absolute atomic E-state index is 0.190. The second-order valence-corrected chi connectivity index (χ2v) is 10.7. The molecule has 196 valence electrons. The lowest BCUT2D eigenvalue weighted by Gasteiger charge is -2.35. The van der Waals surface area contributed by atoms with Crippen LogP contribution in [0.15, 0.2) is 24.3 Å². The van der Waals surface area contributed by atoms with Gasteiger partial charge in [-0.25, -0.2) is 9.59 Å². The van der Waals surface area contributed by atoms with Gasteiger partial charge >= 0.3 is 12.1 Å². The predicted molar refractivity (Wildman–Crippen MR) is 134 cm³/mol. The number of benzene rings is 1. The maximum absolute atomic E-state index is 12.2. The van der Waals surface area contributed by atoms with Gasteiger partial charge in [0.2, 0.25) is 0 Å². The Kier molecular flexibility index (Phi) is 9.80. The van der Waals surface area contributed by atoms with Gasteiger partial charge in [-0.15, -0.1) is 0 Å². The molecule has 0 radical (unpaired) electrons. The van der Waals surface area contributed by atoms with Crippen molar-refractivity contribution in [3.8, 4) is 5.75 Å².